The lowest BCUT2D eigenvalue weighted by Gasteiger charge is -2.24. The lowest BCUT2D eigenvalue weighted by Crippen LogP contribution is -2.34. The number of carbonyl (C=O) groups is 3. The van der Waals surface area contributed by atoms with Gasteiger partial charge in [-0.15, -0.1) is 0 Å². The SMILES string of the molecule is O=C(CCC(=O)c1ccc2ccccc2c1)NCC1CN(c2ccc(C3CNCCS3)c(F)c2)C(=O)O1. The quantitative estimate of drug-likeness (QED) is 0.426. The summed E-state index contributed by atoms with van der Waals surface area (Å²) in [7, 11) is 0. The second-order valence-corrected chi connectivity index (χ2v) is 10.5. The summed E-state index contributed by atoms with van der Waals surface area (Å²) in [4.78, 5) is 38.7. The van der Waals surface area contributed by atoms with Gasteiger partial charge in [-0.25, -0.2) is 9.18 Å². The van der Waals surface area contributed by atoms with E-state index in [0.29, 0.717) is 23.4 Å². The van der Waals surface area contributed by atoms with Gasteiger partial charge in [-0.05, 0) is 29.0 Å². The molecular weight excluding hydrogens is 493 g/mol. The molecule has 2 amide bonds. The van der Waals surface area contributed by atoms with Gasteiger partial charge in [0, 0.05) is 48.1 Å². The Morgan fingerprint density at radius 3 is 2.70 bits per heavy atom. The third-order valence-electron chi connectivity index (χ3n) is 6.62. The zero-order valence-corrected chi connectivity index (χ0v) is 21.1. The van der Waals surface area contributed by atoms with Gasteiger partial charge in [-0.1, -0.05) is 42.5 Å². The van der Waals surface area contributed by atoms with E-state index in [4.69, 9.17) is 4.74 Å². The first-order valence-electron chi connectivity index (χ1n) is 12.4. The number of nitrogens with zero attached hydrogens (tertiary/aromatic N) is 1. The molecule has 37 heavy (non-hydrogen) atoms. The van der Waals surface area contributed by atoms with E-state index >= 15 is 0 Å². The van der Waals surface area contributed by atoms with Crippen LogP contribution in [-0.2, 0) is 9.53 Å². The fourth-order valence-corrected chi connectivity index (χ4v) is 5.75. The van der Waals surface area contributed by atoms with E-state index in [0.717, 1.165) is 23.1 Å². The summed E-state index contributed by atoms with van der Waals surface area (Å²) in [5.41, 5.74) is 1.62. The monoisotopic (exact) mass is 521 g/mol. The molecule has 9 heteroatoms. The van der Waals surface area contributed by atoms with Crippen LogP contribution in [0.25, 0.3) is 10.8 Å². The van der Waals surface area contributed by atoms with Crippen molar-refractivity contribution in [3.8, 4) is 0 Å². The smallest absolute Gasteiger partial charge is 0.414 e. The number of benzene rings is 3. The predicted molar refractivity (Wildman–Crippen MR) is 143 cm³/mol. The third-order valence-corrected chi connectivity index (χ3v) is 7.88. The number of hydrogen-bond acceptors (Lipinski definition) is 6. The first-order valence-corrected chi connectivity index (χ1v) is 13.4. The highest BCUT2D eigenvalue weighted by atomic mass is 32.2. The van der Waals surface area contributed by atoms with Crippen LogP contribution in [0.2, 0.25) is 0 Å². The number of halogens is 1. The van der Waals surface area contributed by atoms with Crippen molar-refractivity contribution < 1.29 is 23.5 Å². The number of rotatable bonds is 8. The van der Waals surface area contributed by atoms with Crippen LogP contribution in [-0.4, -0.2) is 55.8 Å². The number of nitrogens with one attached hydrogen (secondary N) is 2. The van der Waals surface area contributed by atoms with Gasteiger partial charge in [0.15, 0.2) is 5.78 Å². The number of ketones is 1. The summed E-state index contributed by atoms with van der Waals surface area (Å²) in [5, 5.41) is 8.08. The Balaban J connectivity index is 1.10. The van der Waals surface area contributed by atoms with Gasteiger partial charge in [0.1, 0.15) is 11.9 Å². The van der Waals surface area contributed by atoms with E-state index < -0.39 is 12.2 Å². The molecule has 2 N–H and O–H groups in total. The number of ether oxygens (including phenoxy) is 1. The Morgan fingerprint density at radius 1 is 1.08 bits per heavy atom. The maximum Gasteiger partial charge on any atom is 0.414 e. The Bertz CT molecular complexity index is 1330. The standard InChI is InChI=1S/C28H28FN3O4S/c29-24-14-21(7-8-23(24)26-16-30-11-12-37-26)32-17-22(36-28(32)35)15-31-27(34)10-9-25(33)20-6-5-18-3-1-2-4-19(18)13-20/h1-8,13-14,22,26,30H,9-12,15-17H2,(H,31,34). The molecule has 2 aliphatic rings. The fraction of sp³-hybridized carbons (Fsp3) is 0.321. The molecule has 2 atom stereocenters. The minimum atomic E-state index is -0.577. The summed E-state index contributed by atoms with van der Waals surface area (Å²) in [6, 6.07) is 18.1. The zero-order chi connectivity index (χ0) is 25.8. The number of hydrogen-bond donors (Lipinski definition) is 2. The van der Waals surface area contributed by atoms with Gasteiger partial charge in [0.05, 0.1) is 18.8 Å². The Labute approximate surface area is 218 Å². The average molecular weight is 522 g/mol. The van der Waals surface area contributed by atoms with Crippen LogP contribution >= 0.6 is 11.8 Å². The largest absolute Gasteiger partial charge is 0.442 e. The van der Waals surface area contributed by atoms with Gasteiger partial charge in [0.2, 0.25) is 5.91 Å². The molecule has 0 radical (unpaired) electrons. The molecule has 2 saturated heterocycles. The highest BCUT2D eigenvalue weighted by Crippen LogP contribution is 2.34. The zero-order valence-electron chi connectivity index (χ0n) is 20.2. The van der Waals surface area contributed by atoms with Gasteiger partial charge in [-0.3, -0.25) is 14.5 Å². The third kappa shape index (κ3) is 5.94. The highest BCUT2D eigenvalue weighted by Gasteiger charge is 2.33. The first-order chi connectivity index (χ1) is 18.0. The number of anilines is 1. The van der Waals surface area contributed by atoms with Gasteiger partial charge in [-0.2, -0.15) is 11.8 Å². The van der Waals surface area contributed by atoms with Gasteiger partial charge >= 0.3 is 6.09 Å². The fourth-order valence-electron chi connectivity index (χ4n) is 4.60. The van der Waals surface area contributed by atoms with E-state index in [1.807, 2.05) is 36.4 Å². The van der Waals surface area contributed by atoms with E-state index in [9.17, 15) is 18.8 Å². The molecule has 0 bridgehead atoms. The minimum Gasteiger partial charge on any atom is -0.442 e. The molecule has 0 saturated carbocycles. The van der Waals surface area contributed by atoms with E-state index in [1.165, 1.54) is 11.0 Å². The number of cyclic esters (lactones) is 1. The minimum absolute atomic E-state index is 0.0384. The number of fused-ring (bicyclic) bond motifs is 1. The summed E-state index contributed by atoms with van der Waals surface area (Å²) >= 11 is 1.71. The number of Topliss-reactive ketones (excluding diaryl/α,β-unsaturated/α-hetero) is 1. The molecule has 0 aromatic heterocycles. The Kier molecular flexibility index (Phi) is 7.71. The van der Waals surface area contributed by atoms with Crippen molar-refractivity contribution >= 4 is 46.0 Å². The van der Waals surface area contributed by atoms with Crippen molar-refractivity contribution in [1.29, 1.82) is 0 Å². The van der Waals surface area contributed by atoms with Crippen molar-refractivity contribution in [2.24, 2.45) is 0 Å². The average Bonchev–Trinajstić information content (AvgIpc) is 3.31. The van der Waals surface area contributed by atoms with Crippen molar-refractivity contribution in [3.05, 3.63) is 77.6 Å². The second-order valence-electron chi connectivity index (χ2n) is 9.17. The van der Waals surface area contributed by atoms with Crippen LogP contribution in [0, 0.1) is 5.82 Å². The van der Waals surface area contributed by atoms with Crippen molar-refractivity contribution in [2.75, 3.05) is 36.8 Å². The van der Waals surface area contributed by atoms with E-state index in [2.05, 4.69) is 10.6 Å². The van der Waals surface area contributed by atoms with Gasteiger partial charge < -0.3 is 15.4 Å². The molecular formula is C28H28FN3O4S. The predicted octanol–water partition coefficient (Wildman–Crippen LogP) is 4.46. The maximum atomic E-state index is 14.8. The van der Waals surface area contributed by atoms with Crippen LogP contribution in [0.15, 0.2) is 60.7 Å². The molecule has 2 aliphatic heterocycles. The molecule has 2 fully saturated rings. The summed E-state index contributed by atoms with van der Waals surface area (Å²) in [5.74, 6) is 0.180. The lowest BCUT2D eigenvalue weighted by molar-refractivity contribution is -0.121. The number of thioether (sulfide) groups is 1. The van der Waals surface area contributed by atoms with E-state index in [-0.39, 0.29) is 48.7 Å². The maximum absolute atomic E-state index is 14.8. The Morgan fingerprint density at radius 2 is 1.92 bits per heavy atom. The molecule has 3 aromatic rings. The van der Waals surface area contributed by atoms with Gasteiger partial charge in [0.25, 0.3) is 0 Å². The molecule has 192 valence electrons. The molecule has 7 nitrogen and oxygen atoms in total. The lowest BCUT2D eigenvalue weighted by atomic mass is 10.0. The highest BCUT2D eigenvalue weighted by molar-refractivity contribution is 7.99. The van der Waals surface area contributed by atoms with Crippen molar-refractivity contribution in [1.82, 2.24) is 10.6 Å². The normalized spacial score (nSPS) is 19.6. The summed E-state index contributed by atoms with van der Waals surface area (Å²) < 4.78 is 20.2. The summed E-state index contributed by atoms with van der Waals surface area (Å²) in [6.07, 6.45) is -1.02. The molecule has 2 heterocycles. The van der Waals surface area contributed by atoms with E-state index in [1.54, 1.807) is 30.0 Å². The van der Waals surface area contributed by atoms with Crippen LogP contribution in [0.5, 0.6) is 0 Å². The Hall–Kier alpha value is -3.43. The molecule has 0 aliphatic carbocycles. The first kappa shape index (κ1) is 25.2. The molecule has 2 unspecified atom stereocenters. The molecule has 3 aromatic carbocycles. The number of amides is 2. The molecule has 5 rings (SSSR count). The van der Waals surface area contributed by atoms with Crippen LogP contribution in [0.3, 0.4) is 0 Å². The number of carbonyl (C=O) groups excluding carboxylic acids is 3. The summed E-state index contributed by atoms with van der Waals surface area (Å²) in [6.45, 7) is 1.95. The topological polar surface area (TPSA) is 87.7 Å². The second kappa shape index (κ2) is 11.3. The van der Waals surface area contributed by atoms with Crippen LogP contribution in [0.1, 0.15) is 34.0 Å². The molecule has 0 spiro atoms. The van der Waals surface area contributed by atoms with Crippen molar-refractivity contribution in [3.63, 3.8) is 0 Å². The van der Waals surface area contributed by atoms with Crippen molar-refractivity contribution in [2.45, 2.75) is 24.2 Å². The van der Waals surface area contributed by atoms with Crippen LogP contribution in [0.4, 0.5) is 14.9 Å². The van der Waals surface area contributed by atoms with Crippen LogP contribution < -0.4 is 15.5 Å².